The molecule has 0 unspecified atom stereocenters. The fourth-order valence-electron chi connectivity index (χ4n) is 2.34. The summed E-state index contributed by atoms with van der Waals surface area (Å²) in [6, 6.07) is 16.7. The van der Waals surface area contributed by atoms with Gasteiger partial charge in [0.1, 0.15) is 11.6 Å². The van der Waals surface area contributed by atoms with Crippen LogP contribution in [0.1, 0.15) is 5.82 Å². The van der Waals surface area contributed by atoms with Gasteiger partial charge in [0.2, 0.25) is 17.8 Å². The van der Waals surface area contributed by atoms with E-state index in [1.54, 1.807) is 19.2 Å². The number of rotatable bonds is 8. The molecule has 0 aliphatic rings. The molecule has 0 saturated carbocycles. The highest BCUT2D eigenvalue weighted by molar-refractivity contribution is 7.99. The zero-order valence-corrected chi connectivity index (χ0v) is 16.1. The Morgan fingerprint density at radius 1 is 1.07 bits per heavy atom. The number of para-hydroxylation sites is 1. The van der Waals surface area contributed by atoms with E-state index in [1.165, 1.54) is 11.8 Å². The molecular weight excluding hydrogens is 376 g/mol. The van der Waals surface area contributed by atoms with Crippen LogP contribution in [-0.2, 0) is 10.5 Å². The van der Waals surface area contributed by atoms with Gasteiger partial charge in [-0.15, -0.1) is 11.8 Å². The predicted octanol–water partition coefficient (Wildman–Crippen LogP) is 3.08. The van der Waals surface area contributed by atoms with Crippen molar-refractivity contribution in [2.75, 3.05) is 29.2 Å². The average molecular weight is 396 g/mol. The number of hydrogen-bond donors (Lipinski definition) is 3. The van der Waals surface area contributed by atoms with Crippen molar-refractivity contribution < 1.29 is 9.53 Å². The van der Waals surface area contributed by atoms with Gasteiger partial charge in [-0.3, -0.25) is 4.79 Å². The summed E-state index contributed by atoms with van der Waals surface area (Å²) in [5.74, 6) is 2.25. The Kier molecular flexibility index (Phi) is 6.64. The molecule has 0 fully saturated rings. The van der Waals surface area contributed by atoms with Gasteiger partial charge in [0.05, 0.1) is 18.6 Å². The lowest BCUT2D eigenvalue weighted by Gasteiger charge is -2.08. The number of nitrogen functional groups attached to an aromatic ring is 1. The van der Waals surface area contributed by atoms with Gasteiger partial charge in [0, 0.05) is 17.4 Å². The summed E-state index contributed by atoms with van der Waals surface area (Å²) in [5.41, 5.74) is 7.31. The lowest BCUT2D eigenvalue weighted by Crippen LogP contribution is -2.14. The van der Waals surface area contributed by atoms with E-state index in [9.17, 15) is 4.79 Å². The molecule has 144 valence electrons. The highest BCUT2D eigenvalue weighted by atomic mass is 32.2. The van der Waals surface area contributed by atoms with Gasteiger partial charge < -0.3 is 21.1 Å². The summed E-state index contributed by atoms with van der Waals surface area (Å²) in [6.07, 6.45) is 0. The number of nitrogens with zero attached hydrogens (tertiary/aromatic N) is 3. The number of hydrogen-bond acceptors (Lipinski definition) is 8. The average Bonchev–Trinajstić information content (AvgIpc) is 2.68. The summed E-state index contributed by atoms with van der Waals surface area (Å²) < 4.78 is 5.14. The van der Waals surface area contributed by atoms with Gasteiger partial charge in [0.15, 0.2) is 0 Å². The van der Waals surface area contributed by atoms with Crippen molar-refractivity contribution in [3.63, 3.8) is 0 Å². The number of thioether (sulfide) groups is 1. The number of aromatic nitrogens is 3. The summed E-state index contributed by atoms with van der Waals surface area (Å²) in [4.78, 5) is 24.7. The third-order valence-electron chi connectivity index (χ3n) is 3.55. The molecule has 1 amide bonds. The van der Waals surface area contributed by atoms with Crippen LogP contribution in [0.2, 0.25) is 0 Å². The first-order valence-electron chi connectivity index (χ1n) is 8.46. The Morgan fingerprint density at radius 2 is 1.86 bits per heavy atom. The summed E-state index contributed by atoms with van der Waals surface area (Å²) in [7, 11) is 1.58. The minimum Gasteiger partial charge on any atom is -0.497 e. The van der Waals surface area contributed by atoms with Crippen LogP contribution in [0.4, 0.5) is 23.3 Å². The molecule has 9 heteroatoms. The zero-order valence-electron chi connectivity index (χ0n) is 15.3. The number of amides is 1. The lowest BCUT2D eigenvalue weighted by molar-refractivity contribution is -0.113. The van der Waals surface area contributed by atoms with Gasteiger partial charge >= 0.3 is 0 Å². The van der Waals surface area contributed by atoms with Gasteiger partial charge in [-0.05, 0) is 24.3 Å². The molecule has 0 saturated heterocycles. The maximum absolute atomic E-state index is 12.1. The first-order chi connectivity index (χ1) is 13.6. The molecule has 28 heavy (non-hydrogen) atoms. The van der Waals surface area contributed by atoms with Crippen molar-refractivity contribution in [3.8, 4) is 5.75 Å². The first-order valence-corrected chi connectivity index (χ1v) is 9.62. The van der Waals surface area contributed by atoms with Crippen molar-refractivity contribution in [2.45, 2.75) is 5.75 Å². The number of carbonyl (C=O) groups is 1. The fraction of sp³-hybridized carbons (Fsp3) is 0.158. The number of methoxy groups -OCH3 is 1. The Labute approximate surface area is 167 Å². The molecule has 1 heterocycles. The van der Waals surface area contributed by atoms with Crippen molar-refractivity contribution in [2.24, 2.45) is 0 Å². The fourth-order valence-corrected chi connectivity index (χ4v) is 3.01. The molecule has 0 aliphatic carbocycles. The second kappa shape index (κ2) is 9.56. The molecule has 0 radical (unpaired) electrons. The third kappa shape index (κ3) is 5.85. The monoisotopic (exact) mass is 396 g/mol. The Balaban J connectivity index is 1.53. The summed E-state index contributed by atoms with van der Waals surface area (Å²) in [6.45, 7) is 0. The van der Waals surface area contributed by atoms with Gasteiger partial charge in [-0.2, -0.15) is 15.0 Å². The van der Waals surface area contributed by atoms with E-state index in [-0.39, 0.29) is 17.6 Å². The Hall–Kier alpha value is -3.33. The molecule has 1 aromatic heterocycles. The zero-order chi connectivity index (χ0) is 19.8. The molecule has 2 aromatic carbocycles. The predicted molar refractivity (Wildman–Crippen MR) is 112 cm³/mol. The molecule has 0 spiro atoms. The van der Waals surface area contributed by atoms with Gasteiger partial charge in [-0.25, -0.2) is 0 Å². The van der Waals surface area contributed by atoms with Crippen LogP contribution < -0.4 is 21.1 Å². The topological polar surface area (TPSA) is 115 Å². The molecule has 4 N–H and O–H groups in total. The van der Waals surface area contributed by atoms with Crippen molar-refractivity contribution in [3.05, 3.63) is 60.4 Å². The number of ether oxygens (including phenoxy) is 1. The van der Waals surface area contributed by atoms with Crippen LogP contribution in [0, 0.1) is 0 Å². The quantitative estimate of drug-likeness (QED) is 0.532. The van der Waals surface area contributed by atoms with Crippen molar-refractivity contribution in [1.82, 2.24) is 15.0 Å². The number of benzene rings is 2. The second-order valence-corrected chi connectivity index (χ2v) is 6.68. The normalized spacial score (nSPS) is 10.3. The van der Waals surface area contributed by atoms with E-state index >= 15 is 0 Å². The SMILES string of the molecule is COc1cccc(NC(=O)CSCc2nc(N)nc(Nc3ccccc3)n2)c1. The first kappa shape index (κ1) is 19.4. The number of nitrogens with one attached hydrogen (secondary N) is 2. The highest BCUT2D eigenvalue weighted by Crippen LogP contribution is 2.18. The molecular formula is C19H20N6O2S. The third-order valence-corrected chi connectivity index (χ3v) is 4.48. The molecule has 3 rings (SSSR count). The van der Waals surface area contributed by atoms with Gasteiger partial charge in [-0.1, -0.05) is 24.3 Å². The minimum atomic E-state index is -0.122. The molecule has 0 atom stereocenters. The Morgan fingerprint density at radius 3 is 2.64 bits per heavy atom. The van der Waals surface area contributed by atoms with E-state index in [1.807, 2.05) is 42.5 Å². The standard InChI is InChI=1S/C19H20N6O2S/c1-27-15-9-5-8-14(10-15)21-17(26)12-28-11-16-23-18(20)25-19(24-16)22-13-6-3-2-4-7-13/h2-10H,11-12H2,1H3,(H,21,26)(H3,20,22,23,24,25). The van der Waals surface area contributed by atoms with E-state index in [0.29, 0.717) is 29.0 Å². The van der Waals surface area contributed by atoms with Crippen LogP contribution >= 0.6 is 11.8 Å². The number of nitrogens with two attached hydrogens (primary N) is 1. The molecule has 0 bridgehead atoms. The maximum Gasteiger partial charge on any atom is 0.234 e. The van der Waals surface area contributed by atoms with E-state index < -0.39 is 0 Å². The number of anilines is 4. The van der Waals surface area contributed by atoms with Gasteiger partial charge in [0.25, 0.3) is 0 Å². The molecule has 3 aromatic rings. The Bertz CT molecular complexity index is 939. The van der Waals surface area contributed by atoms with E-state index in [2.05, 4.69) is 25.6 Å². The van der Waals surface area contributed by atoms with Crippen LogP contribution in [0.15, 0.2) is 54.6 Å². The summed E-state index contributed by atoms with van der Waals surface area (Å²) >= 11 is 1.39. The van der Waals surface area contributed by atoms with E-state index in [4.69, 9.17) is 10.5 Å². The molecule has 0 aliphatic heterocycles. The van der Waals surface area contributed by atoms with Crippen molar-refractivity contribution in [1.29, 1.82) is 0 Å². The van der Waals surface area contributed by atoms with Crippen molar-refractivity contribution >= 4 is 40.9 Å². The lowest BCUT2D eigenvalue weighted by atomic mass is 10.3. The van der Waals surface area contributed by atoms with Crippen LogP contribution in [0.25, 0.3) is 0 Å². The van der Waals surface area contributed by atoms with Crippen LogP contribution in [0.5, 0.6) is 5.75 Å². The highest BCUT2D eigenvalue weighted by Gasteiger charge is 2.08. The minimum absolute atomic E-state index is 0.122. The van der Waals surface area contributed by atoms with Crippen LogP contribution in [0.3, 0.4) is 0 Å². The maximum atomic E-state index is 12.1. The smallest absolute Gasteiger partial charge is 0.234 e. The second-order valence-electron chi connectivity index (χ2n) is 5.70. The summed E-state index contributed by atoms with van der Waals surface area (Å²) in [5, 5.41) is 5.91. The van der Waals surface area contributed by atoms with Crippen LogP contribution in [-0.4, -0.2) is 33.7 Å². The van der Waals surface area contributed by atoms with E-state index in [0.717, 1.165) is 5.69 Å². The number of carbonyl (C=O) groups excluding carboxylic acids is 1. The largest absolute Gasteiger partial charge is 0.497 e. The molecule has 8 nitrogen and oxygen atoms in total.